The fourth-order valence-electron chi connectivity index (χ4n) is 1.89. The number of hydrogen-bond acceptors (Lipinski definition) is 5. The number of hydrogen-bond donors (Lipinski definition) is 1. The molecule has 2 aromatic rings. The van der Waals surface area contributed by atoms with Crippen molar-refractivity contribution in [2.45, 2.75) is 26.8 Å². The third-order valence-electron chi connectivity index (χ3n) is 3.11. The molecule has 0 spiro atoms. The summed E-state index contributed by atoms with van der Waals surface area (Å²) in [5.41, 5.74) is 1.44. The second kappa shape index (κ2) is 7.41. The molecule has 0 bridgehead atoms. The van der Waals surface area contributed by atoms with Gasteiger partial charge in [-0.2, -0.15) is 5.26 Å². The Morgan fingerprint density at radius 3 is 2.36 bits per heavy atom. The fraction of sp³-hybridized carbons (Fsp3) is 0.353. The molecule has 5 heteroatoms. The first-order valence-electron chi connectivity index (χ1n) is 7.31. The number of benzene rings is 1. The number of aromatic nitrogens is 2. The second-order valence-electron chi connectivity index (χ2n) is 5.56. The lowest BCUT2D eigenvalue weighted by molar-refractivity contribution is 0.271. The maximum absolute atomic E-state index is 8.71. The standard InChI is InChI=1S/C17H20N4O/c1-12(2)11-22-16-7-4-14(5-8-16)13(3)19-17-9-6-15(10-18)20-21-17/h4-9,12-13H,11H2,1-3H3,(H,19,21). The predicted octanol–water partition coefficient (Wildman–Crippen LogP) is 3.56. The lowest BCUT2D eigenvalue weighted by atomic mass is 10.1. The average molecular weight is 296 g/mol. The first kappa shape index (κ1) is 15.8. The van der Waals surface area contributed by atoms with Crippen LogP contribution in [-0.2, 0) is 0 Å². The number of nitrogens with one attached hydrogen (secondary N) is 1. The van der Waals surface area contributed by atoms with Crippen molar-refractivity contribution in [3.05, 3.63) is 47.7 Å². The minimum absolute atomic E-state index is 0.0846. The van der Waals surface area contributed by atoms with E-state index in [0.29, 0.717) is 24.0 Å². The van der Waals surface area contributed by atoms with Crippen LogP contribution in [0.1, 0.15) is 38.1 Å². The van der Waals surface area contributed by atoms with E-state index in [1.165, 1.54) is 0 Å². The van der Waals surface area contributed by atoms with Crippen molar-refractivity contribution in [3.8, 4) is 11.8 Å². The summed E-state index contributed by atoms with van der Waals surface area (Å²) in [7, 11) is 0. The summed E-state index contributed by atoms with van der Waals surface area (Å²) in [6.07, 6.45) is 0. The van der Waals surface area contributed by atoms with Gasteiger partial charge in [-0.3, -0.25) is 0 Å². The minimum Gasteiger partial charge on any atom is -0.493 e. The summed E-state index contributed by atoms with van der Waals surface area (Å²) >= 11 is 0. The Labute approximate surface area is 131 Å². The van der Waals surface area contributed by atoms with Crippen molar-refractivity contribution >= 4 is 5.82 Å². The summed E-state index contributed by atoms with van der Waals surface area (Å²) in [6, 6.07) is 13.4. The van der Waals surface area contributed by atoms with Crippen LogP contribution in [0.3, 0.4) is 0 Å². The molecule has 5 nitrogen and oxygen atoms in total. The van der Waals surface area contributed by atoms with Gasteiger partial charge in [-0.15, -0.1) is 10.2 Å². The van der Waals surface area contributed by atoms with E-state index < -0.39 is 0 Å². The summed E-state index contributed by atoms with van der Waals surface area (Å²) in [6.45, 7) is 7.01. The topological polar surface area (TPSA) is 70.8 Å². The van der Waals surface area contributed by atoms with Gasteiger partial charge in [0.25, 0.3) is 0 Å². The Morgan fingerprint density at radius 1 is 1.09 bits per heavy atom. The molecule has 0 aliphatic rings. The van der Waals surface area contributed by atoms with E-state index >= 15 is 0 Å². The van der Waals surface area contributed by atoms with Gasteiger partial charge in [-0.25, -0.2) is 0 Å². The van der Waals surface area contributed by atoms with Gasteiger partial charge in [0.1, 0.15) is 17.6 Å². The Hall–Kier alpha value is -2.61. The van der Waals surface area contributed by atoms with E-state index in [1.807, 2.05) is 37.3 Å². The first-order chi connectivity index (χ1) is 10.6. The largest absolute Gasteiger partial charge is 0.493 e. The van der Waals surface area contributed by atoms with Crippen LogP contribution in [0.15, 0.2) is 36.4 Å². The highest BCUT2D eigenvalue weighted by molar-refractivity contribution is 5.39. The normalized spacial score (nSPS) is 11.8. The van der Waals surface area contributed by atoms with E-state index in [0.717, 1.165) is 11.3 Å². The van der Waals surface area contributed by atoms with E-state index in [-0.39, 0.29) is 6.04 Å². The van der Waals surface area contributed by atoms with Crippen LogP contribution >= 0.6 is 0 Å². The van der Waals surface area contributed by atoms with Crippen LogP contribution in [0.4, 0.5) is 5.82 Å². The molecule has 2 rings (SSSR count). The molecule has 1 N–H and O–H groups in total. The highest BCUT2D eigenvalue weighted by atomic mass is 16.5. The van der Waals surface area contributed by atoms with Crippen LogP contribution in [0.5, 0.6) is 5.75 Å². The molecule has 0 aliphatic heterocycles. The molecule has 22 heavy (non-hydrogen) atoms. The van der Waals surface area contributed by atoms with Crippen molar-refractivity contribution in [2.24, 2.45) is 5.92 Å². The molecule has 0 saturated carbocycles. The van der Waals surface area contributed by atoms with Crippen LogP contribution in [-0.4, -0.2) is 16.8 Å². The highest BCUT2D eigenvalue weighted by Gasteiger charge is 2.07. The molecule has 0 amide bonds. The van der Waals surface area contributed by atoms with Crippen LogP contribution in [0, 0.1) is 17.2 Å². The Morgan fingerprint density at radius 2 is 1.82 bits per heavy atom. The van der Waals surface area contributed by atoms with Crippen molar-refractivity contribution < 1.29 is 4.74 Å². The summed E-state index contributed by atoms with van der Waals surface area (Å²) in [5.74, 6) is 2.03. The summed E-state index contributed by atoms with van der Waals surface area (Å²) in [5, 5.41) is 19.7. The van der Waals surface area contributed by atoms with Crippen LogP contribution < -0.4 is 10.1 Å². The quantitative estimate of drug-likeness (QED) is 0.882. The van der Waals surface area contributed by atoms with Crippen molar-refractivity contribution in [3.63, 3.8) is 0 Å². The lowest BCUT2D eigenvalue weighted by Gasteiger charge is -2.15. The van der Waals surface area contributed by atoms with Crippen LogP contribution in [0.25, 0.3) is 0 Å². The Kier molecular flexibility index (Phi) is 5.31. The highest BCUT2D eigenvalue weighted by Crippen LogP contribution is 2.21. The monoisotopic (exact) mass is 296 g/mol. The van der Waals surface area contributed by atoms with Gasteiger partial charge in [0.05, 0.1) is 12.6 Å². The maximum atomic E-state index is 8.71. The lowest BCUT2D eigenvalue weighted by Crippen LogP contribution is -2.09. The number of ether oxygens (including phenoxy) is 1. The zero-order valence-corrected chi connectivity index (χ0v) is 13.1. The third kappa shape index (κ3) is 4.45. The zero-order valence-electron chi connectivity index (χ0n) is 13.1. The zero-order chi connectivity index (χ0) is 15.9. The molecule has 1 unspecified atom stereocenters. The van der Waals surface area contributed by atoms with Crippen molar-refractivity contribution in [2.75, 3.05) is 11.9 Å². The number of nitrogens with zero attached hydrogens (tertiary/aromatic N) is 3. The molecule has 0 radical (unpaired) electrons. The third-order valence-corrected chi connectivity index (χ3v) is 3.11. The molecule has 1 atom stereocenters. The van der Waals surface area contributed by atoms with E-state index in [1.54, 1.807) is 12.1 Å². The molecular formula is C17H20N4O. The predicted molar refractivity (Wildman–Crippen MR) is 85.6 cm³/mol. The molecule has 0 aliphatic carbocycles. The van der Waals surface area contributed by atoms with Gasteiger partial charge >= 0.3 is 0 Å². The Bertz CT molecular complexity index is 629. The van der Waals surface area contributed by atoms with E-state index in [2.05, 4.69) is 29.4 Å². The Balaban J connectivity index is 1.96. The maximum Gasteiger partial charge on any atom is 0.163 e. The van der Waals surface area contributed by atoms with Gasteiger partial charge in [-0.05, 0) is 42.7 Å². The molecular weight excluding hydrogens is 276 g/mol. The molecule has 0 fully saturated rings. The molecule has 1 heterocycles. The first-order valence-corrected chi connectivity index (χ1v) is 7.31. The van der Waals surface area contributed by atoms with Gasteiger partial charge in [0.15, 0.2) is 5.69 Å². The number of rotatable bonds is 6. The smallest absolute Gasteiger partial charge is 0.163 e. The van der Waals surface area contributed by atoms with E-state index in [4.69, 9.17) is 10.00 Å². The fourth-order valence-corrected chi connectivity index (χ4v) is 1.89. The van der Waals surface area contributed by atoms with Gasteiger partial charge in [0, 0.05) is 0 Å². The number of anilines is 1. The summed E-state index contributed by atoms with van der Waals surface area (Å²) < 4.78 is 5.67. The minimum atomic E-state index is 0.0846. The molecule has 0 saturated heterocycles. The average Bonchev–Trinajstić information content (AvgIpc) is 2.54. The van der Waals surface area contributed by atoms with E-state index in [9.17, 15) is 0 Å². The van der Waals surface area contributed by atoms with Crippen LogP contribution in [0.2, 0.25) is 0 Å². The van der Waals surface area contributed by atoms with Crippen molar-refractivity contribution in [1.29, 1.82) is 5.26 Å². The second-order valence-corrected chi connectivity index (χ2v) is 5.56. The molecule has 114 valence electrons. The van der Waals surface area contributed by atoms with Gasteiger partial charge in [-0.1, -0.05) is 26.0 Å². The van der Waals surface area contributed by atoms with Gasteiger partial charge in [0.2, 0.25) is 0 Å². The molecule has 1 aromatic heterocycles. The van der Waals surface area contributed by atoms with Gasteiger partial charge < -0.3 is 10.1 Å². The molecule has 1 aromatic carbocycles. The number of nitriles is 1. The van der Waals surface area contributed by atoms with Crippen molar-refractivity contribution in [1.82, 2.24) is 10.2 Å². The summed E-state index contributed by atoms with van der Waals surface area (Å²) in [4.78, 5) is 0. The SMILES string of the molecule is CC(C)COc1ccc(C(C)Nc2ccc(C#N)nn2)cc1.